The van der Waals surface area contributed by atoms with Crippen LogP contribution in [0.25, 0.3) is 0 Å². The Morgan fingerprint density at radius 2 is 2.24 bits per heavy atom. The second kappa shape index (κ2) is 4.61. The summed E-state index contributed by atoms with van der Waals surface area (Å²) in [4.78, 5) is 0. The summed E-state index contributed by atoms with van der Waals surface area (Å²) in [5.41, 5.74) is 0.767. The van der Waals surface area contributed by atoms with E-state index in [1.807, 2.05) is 6.07 Å². The lowest BCUT2D eigenvalue weighted by Gasteiger charge is -2.05. The molecule has 2 rings (SSSR count). The van der Waals surface area contributed by atoms with Gasteiger partial charge in [-0.15, -0.1) is 0 Å². The molecule has 0 saturated heterocycles. The van der Waals surface area contributed by atoms with Crippen molar-refractivity contribution in [2.75, 3.05) is 0 Å². The van der Waals surface area contributed by atoms with E-state index in [-0.39, 0.29) is 18.1 Å². The predicted molar refractivity (Wildman–Crippen MR) is 54.0 cm³/mol. The van der Waals surface area contributed by atoms with Crippen LogP contribution in [0.4, 0.5) is 8.78 Å². The largest absolute Gasteiger partial charge is 0.486 e. The standard InChI is InChI=1S/C11H7F2N3O/c12-8-1-2-11(9(13)3-8)17-6-7-5-15-16-10(7)4-14/h1-3,5H,6H2,(H,15,16). The molecule has 0 radical (unpaired) electrons. The van der Waals surface area contributed by atoms with Gasteiger partial charge in [0.1, 0.15) is 24.2 Å². The number of halogens is 2. The highest BCUT2D eigenvalue weighted by atomic mass is 19.1. The molecule has 1 N–H and O–H groups in total. The average molecular weight is 235 g/mol. The van der Waals surface area contributed by atoms with Gasteiger partial charge in [-0.3, -0.25) is 5.10 Å². The predicted octanol–water partition coefficient (Wildman–Crippen LogP) is 2.14. The van der Waals surface area contributed by atoms with Gasteiger partial charge in [-0.05, 0) is 12.1 Å². The molecule has 1 aromatic heterocycles. The SMILES string of the molecule is N#Cc1[nH]ncc1COc1ccc(F)cc1F. The number of nitrogens with one attached hydrogen (secondary N) is 1. The average Bonchev–Trinajstić information content (AvgIpc) is 2.75. The van der Waals surface area contributed by atoms with E-state index in [1.165, 1.54) is 12.3 Å². The Balaban J connectivity index is 2.10. The Hall–Kier alpha value is -2.42. The number of aromatic nitrogens is 2. The molecule has 0 aliphatic carbocycles. The normalized spacial score (nSPS) is 9.94. The molecule has 2 aromatic rings. The smallest absolute Gasteiger partial charge is 0.167 e. The lowest BCUT2D eigenvalue weighted by molar-refractivity contribution is 0.289. The number of nitrogens with zero attached hydrogens (tertiary/aromatic N) is 2. The van der Waals surface area contributed by atoms with Gasteiger partial charge in [0, 0.05) is 11.6 Å². The molecule has 0 fully saturated rings. The van der Waals surface area contributed by atoms with Crippen LogP contribution in [0.1, 0.15) is 11.3 Å². The van der Waals surface area contributed by atoms with E-state index < -0.39 is 11.6 Å². The molecule has 4 nitrogen and oxygen atoms in total. The second-order valence-electron chi connectivity index (χ2n) is 3.25. The summed E-state index contributed by atoms with van der Waals surface area (Å²) in [7, 11) is 0. The number of hydrogen-bond acceptors (Lipinski definition) is 3. The molecule has 0 unspecified atom stereocenters. The molecular formula is C11H7F2N3O. The molecule has 1 aromatic carbocycles. The van der Waals surface area contributed by atoms with Crippen LogP contribution in [-0.4, -0.2) is 10.2 Å². The van der Waals surface area contributed by atoms with Gasteiger partial charge < -0.3 is 4.74 Å². The first-order chi connectivity index (χ1) is 8.20. The molecule has 17 heavy (non-hydrogen) atoms. The Kier molecular flexibility index (Phi) is 3.01. The molecule has 0 bridgehead atoms. The van der Waals surface area contributed by atoms with Gasteiger partial charge >= 0.3 is 0 Å². The number of nitriles is 1. The van der Waals surface area contributed by atoms with Crippen LogP contribution in [0.5, 0.6) is 5.75 Å². The van der Waals surface area contributed by atoms with Crippen LogP contribution >= 0.6 is 0 Å². The molecule has 1 heterocycles. The van der Waals surface area contributed by atoms with Gasteiger partial charge in [0.2, 0.25) is 0 Å². The molecule has 86 valence electrons. The topological polar surface area (TPSA) is 61.7 Å². The Morgan fingerprint density at radius 3 is 2.94 bits per heavy atom. The van der Waals surface area contributed by atoms with Gasteiger partial charge in [0.05, 0.1) is 6.20 Å². The van der Waals surface area contributed by atoms with Crippen molar-refractivity contribution in [2.45, 2.75) is 6.61 Å². The van der Waals surface area contributed by atoms with Crippen molar-refractivity contribution in [2.24, 2.45) is 0 Å². The summed E-state index contributed by atoms with van der Waals surface area (Å²) >= 11 is 0. The minimum atomic E-state index is -0.785. The van der Waals surface area contributed by atoms with E-state index >= 15 is 0 Å². The summed E-state index contributed by atoms with van der Waals surface area (Å²) in [6, 6.07) is 4.90. The van der Waals surface area contributed by atoms with Crippen LogP contribution in [0.3, 0.4) is 0 Å². The molecule has 0 atom stereocenters. The maximum Gasteiger partial charge on any atom is 0.167 e. The van der Waals surface area contributed by atoms with Crippen molar-refractivity contribution in [3.8, 4) is 11.8 Å². The van der Waals surface area contributed by atoms with E-state index in [2.05, 4.69) is 10.2 Å². The van der Waals surface area contributed by atoms with E-state index in [0.717, 1.165) is 12.1 Å². The molecule has 0 aliphatic rings. The van der Waals surface area contributed by atoms with Crippen molar-refractivity contribution in [3.63, 3.8) is 0 Å². The van der Waals surface area contributed by atoms with Crippen molar-refractivity contribution in [3.05, 3.63) is 47.3 Å². The van der Waals surface area contributed by atoms with Gasteiger partial charge in [-0.25, -0.2) is 8.78 Å². The number of hydrogen-bond donors (Lipinski definition) is 1. The fourth-order valence-electron chi connectivity index (χ4n) is 1.27. The van der Waals surface area contributed by atoms with Crippen LogP contribution in [-0.2, 0) is 6.61 Å². The summed E-state index contributed by atoms with van der Waals surface area (Å²) in [6.07, 6.45) is 1.42. The van der Waals surface area contributed by atoms with Crippen LogP contribution < -0.4 is 4.74 Å². The number of aromatic amines is 1. The molecule has 0 aliphatic heterocycles. The molecule has 6 heteroatoms. The molecule has 0 amide bonds. The van der Waals surface area contributed by atoms with Crippen molar-refractivity contribution < 1.29 is 13.5 Å². The van der Waals surface area contributed by atoms with E-state index in [1.54, 1.807) is 0 Å². The maximum absolute atomic E-state index is 13.2. The lowest BCUT2D eigenvalue weighted by atomic mass is 10.3. The van der Waals surface area contributed by atoms with E-state index in [4.69, 9.17) is 10.00 Å². The number of ether oxygens (including phenoxy) is 1. The van der Waals surface area contributed by atoms with Crippen LogP contribution in [0.2, 0.25) is 0 Å². The van der Waals surface area contributed by atoms with E-state index in [9.17, 15) is 8.78 Å². The Labute approximate surface area is 95.5 Å². The first-order valence-electron chi connectivity index (χ1n) is 4.71. The van der Waals surface area contributed by atoms with Gasteiger partial charge in [-0.2, -0.15) is 10.4 Å². The molecule has 0 saturated carbocycles. The van der Waals surface area contributed by atoms with Gasteiger partial charge in [-0.1, -0.05) is 0 Å². The number of benzene rings is 1. The van der Waals surface area contributed by atoms with Crippen molar-refractivity contribution >= 4 is 0 Å². The third-order valence-corrected chi connectivity index (χ3v) is 2.11. The minimum absolute atomic E-state index is 0.0120. The third kappa shape index (κ3) is 2.39. The minimum Gasteiger partial charge on any atom is -0.486 e. The first-order valence-corrected chi connectivity index (χ1v) is 4.71. The lowest BCUT2D eigenvalue weighted by Crippen LogP contribution is -1.98. The fraction of sp³-hybridized carbons (Fsp3) is 0.0909. The number of H-pyrrole nitrogens is 1. The fourth-order valence-corrected chi connectivity index (χ4v) is 1.27. The van der Waals surface area contributed by atoms with Crippen LogP contribution in [0, 0.1) is 23.0 Å². The van der Waals surface area contributed by atoms with E-state index in [0.29, 0.717) is 5.56 Å². The zero-order valence-corrected chi connectivity index (χ0v) is 8.58. The highest BCUT2D eigenvalue weighted by molar-refractivity contribution is 5.29. The molecular weight excluding hydrogens is 228 g/mol. The Bertz CT molecular complexity index is 574. The second-order valence-corrected chi connectivity index (χ2v) is 3.25. The monoisotopic (exact) mass is 235 g/mol. The summed E-state index contributed by atoms with van der Waals surface area (Å²) in [5, 5.41) is 14.8. The maximum atomic E-state index is 13.2. The quantitative estimate of drug-likeness (QED) is 0.886. The summed E-state index contributed by atoms with van der Waals surface area (Å²) in [6.45, 7) is -0.0120. The Morgan fingerprint density at radius 1 is 1.41 bits per heavy atom. The van der Waals surface area contributed by atoms with Gasteiger partial charge in [0.15, 0.2) is 11.6 Å². The zero-order valence-electron chi connectivity index (χ0n) is 8.58. The van der Waals surface area contributed by atoms with Crippen molar-refractivity contribution in [1.29, 1.82) is 5.26 Å². The highest BCUT2D eigenvalue weighted by Crippen LogP contribution is 2.19. The third-order valence-electron chi connectivity index (χ3n) is 2.11. The number of rotatable bonds is 3. The summed E-state index contributed by atoms with van der Waals surface area (Å²) < 4.78 is 31.0. The molecule has 0 spiro atoms. The van der Waals surface area contributed by atoms with Crippen molar-refractivity contribution in [1.82, 2.24) is 10.2 Å². The zero-order chi connectivity index (χ0) is 12.3. The summed E-state index contributed by atoms with van der Waals surface area (Å²) in [5.74, 6) is -1.53. The first kappa shape index (κ1) is 11.1. The van der Waals surface area contributed by atoms with Gasteiger partial charge in [0.25, 0.3) is 0 Å². The van der Waals surface area contributed by atoms with Crippen LogP contribution in [0.15, 0.2) is 24.4 Å². The highest BCUT2D eigenvalue weighted by Gasteiger charge is 2.08.